The molecule has 3 aliphatic rings. The van der Waals surface area contributed by atoms with Crippen LogP contribution in [-0.2, 0) is 0 Å². The number of rotatable bonds is 1. The van der Waals surface area contributed by atoms with Crippen molar-refractivity contribution < 1.29 is 5.11 Å². The first-order valence-corrected chi connectivity index (χ1v) is 6.97. The predicted octanol–water partition coefficient (Wildman–Crippen LogP) is 1.68. The van der Waals surface area contributed by atoms with Gasteiger partial charge < -0.3 is 10.4 Å². The molecule has 0 aromatic rings. The molecule has 5 atom stereocenters. The number of piperidine rings is 1. The lowest BCUT2D eigenvalue weighted by Gasteiger charge is -2.51. The number of nitriles is 1. The van der Waals surface area contributed by atoms with Crippen molar-refractivity contribution in [1.82, 2.24) is 5.32 Å². The summed E-state index contributed by atoms with van der Waals surface area (Å²) in [6.07, 6.45) is 5.29. The first-order chi connectivity index (χ1) is 8.12. The van der Waals surface area contributed by atoms with Crippen molar-refractivity contribution >= 4 is 0 Å². The molecular formula is C14H22N2O. The minimum atomic E-state index is -0.757. The van der Waals surface area contributed by atoms with Crippen molar-refractivity contribution in [2.45, 2.75) is 44.6 Å². The summed E-state index contributed by atoms with van der Waals surface area (Å²) in [7, 11) is 0. The minimum absolute atomic E-state index is 0.190. The highest BCUT2D eigenvalue weighted by Gasteiger charge is 2.63. The highest BCUT2D eigenvalue weighted by Crippen LogP contribution is 2.62. The fourth-order valence-electron chi connectivity index (χ4n) is 4.77. The molecule has 0 aromatic carbocycles. The minimum Gasteiger partial charge on any atom is -0.388 e. The molecule has 17 heavy (non-hydrogen) atoms. The average molecular weight is 234 g/mol. The lowest BCUT2D eigenvalue weighted by atomic mass is 9.57. The van der Waals surface area contributed by atoms with E-state index < -0.39 is 11.0 Å². The van der Waals surface area contributed by atoms with Crippen LogP contribution in [0, 0.1) is 34.5 Å². The molecule has 0 aromatic heterocycles. The predicted molar refractivity (Wildman–Crippen MR) is 65.1 cm³/mol. The van der Waals surface area contributed by atoms with Gasteiger partial charge in [0.15, 0.2) is 0 Å². The molecular weight excluding hydrogens is 212 g/mol. The van der Waals surface area contributed by atoms with Gasteiger partial charge in [0.05, 0.1) is 17.1 Å². The lowest BCUT2D eigenvalue weighted by molar-refractivity contribution is -0.133. The molecule has 5 unspecified atom stereocenters. The lowest BCUT2D eigenvalue weighted by Crippen LogP contribution is -2.60. The molecule has 2 bridgehead atoms. The standard InChI is InChI=1S/C14H22N2O/c1-10-8-16-5-4-14(10,17)13(9-15)7-11-2-3-12(13)6-11/h10-12,16-17H,2-8H2,1H3. The molecule has 0 amide bonds. The summed E-state index contributed by atoms with van der Waals surface area (Å²) >= 11 is 0. The molecule has 3 nitrogen and oxygen atoms in total. The number of nitrogens with zero attached hydrogens (tertiary/aromatic N) is 1. The van der Waals surface area contributed by atoms with Crippen LogP contribution in [0.2, 0.25) is 0 Å². The zero-order valence-electron chi connectivity index (χ0n) is 10.6. The first-order valence-electron chi connectivity index (χ1n) is 6.97. The Bertz CT molecular complexity index is 364. The molecule has 2 saturated carbocycles. The Labute approximate surface area is 103 Å². The van der Waals surface area contributed by atoms with Crippen LogP contribution in [0.15, 0.2) is 0 Å². The van der Waals surface area contributed by atoms with Crippen molar-refractivity contribution in [1.29, 1.82) is 5.26 Å². The second-order valence-corrected chi connectivity index (χ2v) is 6.44. The number of fused-ring (bicyclic) bond motifs is 2. The fourth-order valence-corrected chi connectivity index (χ4v) is 4.77. The van der Waals surface area contributed by atoms with Gasteiger partial charge >= 0.3 is 0 Å². The maximum Gasteiger partial charge on any atom is 0.0894 e. The molecule has 2 N–H and O–H groups in total. The Morgan fingerprint density at radius 3 is 2.76 bits per heavy atom. The van der Waals surface area contributed by atoms with E-state index in [1.54, 1.807) is 0 Å². The largest absolute Gasteiger partial charge is 0.388 e. The van der Waals surface area contributed by atoms with Crippen molar-refractivity contribution in [3.63, 3.8) is 0 Å². The number of hydrogen-bond acceptors (Lipinski definition) is 3. The SMILES string of the molecule is CC1CNCCC1(O)C1(C#N)CC2CCC1C2. The highest BCUT2D eigenvalue weighted by molar-refractivity contribution is 5.22. The van der Waals surface area contributed by atoms with Gasteiger partial charge in [-0.15, -0.1) is 0 Å². The van der Waals surface area contributed by atoms with Crippen molar-refractivity contribution in [3.05, 3.63) is 0 Å². The maximum atomic E-state index is 11.1. The molecule has 1 saturated heterocycles. The van der Waals surface area contributed by atoms with Crippen LogP contribution in [0.5, 0.6) is 0 Å². The van der Waals surface area contributed by atoms with Crippen molar-refractivity contribution in [3.8, 4) is 6.07 Å². The Morgan fingerprint density at radius 2 is 2.24 bits per heavy atom. The van der Waals surface area contributed by atoms with Crippen LogP contribution in [0.1, 0.15) is 39.0 Å². The summed E-state index contributed by atoms with van der Waals surface area (Å²) in [5.41, 5.74) is -1.20. The van der Waals surface area contributed by atoms with Gasteiger partial charge in [0.2, 0.25) is 0 Å². The molecule has 3 fully saturated rings. The molecule has 3 rings (SSSR count). The van der Waals surface area contributed by atoms with E-state index in [4.69, 9.17) is 0 Å². The summed E-state index contributed by atoms with van der Waals surface area (Å²) in [5, 5.41) is 24.2. The molecule has 0 spiro atoms. The quantitative estimate of drug-likeness (QED) is 0.725. The van der Waals surface area contributed by atoms with E-state index in [0.717, 1.165) is 32.4 Å². The summed E-state index contributed by atoms with van der Waals surface area (Å²) in [6, 6.07) is 2.57. The van der Waals surface area contributed by atoms with E-state index in [0.29, 0.717) is 11.8 Å². The molecule has 2 aliphatic carbocycles. The van der Waals surface area contributed by atoms with Gasteiger partial charge in [-0.25, -0.2) is 0 Å². The van der Waals surface area contributed by atoms with Crippen molar-refractivity contribution in [2.24, 2.45) is 23.2 Å². The van der Waals surface area contributed by atoms with Gasteiger partial charge in [0.1, 0.15) is 0 Å². The van der Waals surface area contributed by atoms with Gasteiger partial charge in [0, 0.05) is 6.54 Å². The van der Waals surface area contributed by atoms with Crippen LogP contribution >= 0.6 is 0 Å². The third-order valence-corrected chi connectivity index (χ3v) is 5.77. The van der Waals surface area contributed by atoms with Crippen LogP contribution in [-0.4, -0.2) is 23.8 Å². The Balaban J connectivity index is 1.98. The third kappa shape index (κ3) is 1.34. The molecule has 3 heteroatoms. The molecule has 1 heterocycles. The van der Waals surface area contributed by atoms with Gasteiger partial charge in [0.25, 0.3) is 0 Å². The molecule has 94 valence electrons. The first kappa shape index (κ1) is 11.5. The van der Waals surface area contributed by atoms with E-state index in [-0.39, 0.29) is 5.92 Å². The Morgan fingerprint density at radius 1 is 1.41 bits per heavy atom. The van der Waals surface area contributed by atoms with Gasteiger partial charge in [-0.05, 0) is 50.0 Å². The van der Waals surface area contributed by atoms with Crippen LogP contribution in [0.25, 0.3) is 0 Å². The van der Waals surface area contributed by atoms with E-state index in [2.05, 4.69) is 18.3 Å². The topological polar surface area (TPSA) is 56.0 Å². The summed E-state index contributed by atoms with van der Waals surface area (Å²) in [6.45, 7) is 3.79. The normalized spacial score (nSPS) is 53.6. The monoisotopic (exact) mass is 234 g/mol. The summed E-state index contributed by atoms with van der Waals surface area (Å²) in [4.78, 5) is 0. The van der Waals surface area contributed by atoms with Crippen LogP contribution in [0.3, 0.4) is 0 Å². The third-order valence-electron chi connectivity index (χ3n) is 5.77. The number of hydrogen-bond donors (Lipinski definition) is 2. The van der Waals surface area contributed by atoms with Crippen LogP contribution < -0.4 is 5.32 Å². The van der Waals surface area contributed by atoms with Gasteiger partial charge in [-0.2, -0.15) is 5.26 Å². The maximum absolute atomic E-state index is 11.1. The average Bonchev–Trinajstić information content (AvgIpc) is 2.93. The van der Waals surface area contributed by atoms with Gasteiger partial charge in [-0.1, -0.05) is 13.3 Å². The zero-order chi connectivity index (χ0) is 12.1. The zero-order valence-corrected chi connectivity index (χ0v) is 10.6. The Hall–Kier alpha value is -0.590. The second kappa shape index (κ2) is 3.70. The van der Waals surface area contributed by atoms with Crippen LogP contribution in [0.4, 0.5) is 0 Å². The second-order valence-electron chi connectivity index (χ2n) is 6.44. The summed E-state index contributed by atoms with van der Waals surface area (Å²) < 4.78 is 0. The van der Waals surface area contributed by atoms with Gasteiger partial charge in [-0.3, -0.25) is 0 Å². The molecule has 0 radical (unpaired) electrons. The highest BCUT2D eigenvalue weighted by atomic mass is 16.3. The molecule has 1 aliphatic heterocycles. The number of aliphatic hydroxyl groups is 1. The number of nitrogens with one attached hydrogen (secondary N) is 1. The summed E-state index contributed by atoms with van der Waals surface area (Å²) in [5.74, 6) is 1.34. The van der Waals surface area contributed by atoms with Crippen molar-refractivity contribution in [2.75, 3.05) is 13.1 Å². The Kier molecular flexibility index (Phi) is 2.50. The van der Waals surface area contributed by atoms with E-state index in [9.17, 15) is 10.4 Å². The smallest absolute Gasteiger partial charge is 0.0894 e. The fraction of sp³-hybridized carbons (Fsp3) is 0.929. The van der Waals surface area contributed by atoms with E-state index in [1.807, 2.05) is 0 Å². The van der Waals surface area contributed by atoms with E-state index >= 15 is 0 Å². The van der Waals surface area contributed by atoms with E-state index in [1.165, 1.54) is 12.8 Å².